The van der Waals surface area contributed by atoms with Crippen molar-refractivity contribution in [3.05, 3.63) is 39.9 Å². The van der Waals surface area contributed by atoms with Crippen LogP contribution in [0.2, 0.25) is 0 Å². The number of aliphatic carboxylic acids is 1. The van der Waals surface area contributed by atoms with Gasteiger partial charge in [0.2, 0.25) is 10.0 Å². The molecule has 0 spiro atoms. The molecule has 1 aromatic carbocycles. The van der Waals surface area contributed by atoms with Gasteiger partial charge in [0.25, 0.3) is 5.69 Å². The maximum absolute atomic E-state index is 11.8. The number of nitrogens with zero attached hydrogens (tertiary/aromatic N) is 2. The highest BCUT2D eigenvalue weighted by atomic mass is 32.2. The molecule has 1 N–H and O–H groups in total. The van der Waals surface area contributed by atoms with Gasteiger partial charge in [-0.25, -0.2) is 8.42 Å². The van der Waals surface area contributed by atoms with Crippen LogP contribution in [0.3, 0.4) is 0 Å². The molecule has 0 aliphatic carbocycles. The topological polar surface area (TPSA) is 118 Å². The van der Waals surface area contributed by atoms with Gasteiger partial charge in [-0.15, -0.1) is 0 Å². The van der Waals surface area contributed by atoms with E-state index in [1.807, 2.05) is 0 Å². The molecule has 0 saturated carbocycles. The number of carbonyl (C=O) groups is 1. The first-order chi connectivity index (χ1) is 9.22. The Balaban J connectivity index is 2.66. The quantitative estimate of drug-likeness (QED) is 0.578. The standard InChI is InChI=1S/C11H14N2O6S/c1-12(8-11(14)15)20(18,19)7-6-9-2-4-10(5-3-9)13(16)17/h2-5H,6-8H2,1H3,(H,14,15). The summed E-state index contributed by atoms with van der Waals surface area (Å²) in [6.07, 6.45) is 0.157. The molecule has 1 aromatic rings. The van der Waals surface area contributed by atoms with Gasteiger partial charge in [-0.3, -0.25) is 14.9 Å². The predicted molar refractivity (Wildman–Crippen MR) is 70.9 cm³/mol. The van der Waals surface area contributed by atoms with Crippen LogP contribution in [0.4, 0.5) is 5.69 Å². The first-order valence-electron chi connectivity index (χ1n) is 5.61. The molecule has 0 amide bonds. The summed E-state index contributed by atoms with van der Waals surface area (Å²) >= 11 is 0. The number of benzene rings is 1. The van der Waals surface area contributed by atoms with Gasteiger partial charge in [0.1, 0.15) is 6.54 Å². The molecule has 0 aromatic heterocycles. The molecule has 20 heavy (non-hydrogen) atoms. The molecule has 1 rings (SSSR count). The van der Waals surface area contributed by atoms with Crippen LogP contribution >= 0.6 is 0 Å². The molecule has 0 bridgehead atoms. The second kappa shape index (κ2) is 6.44. The summed E-state index contributed by atoms with van der Waals surface area (Å²) in [5.41, 5.74) is 0.558. The lowest BCUT2D eigenvalue weighted by molar-refractivity contribution is -0.384. The number of sulfonamides is 1. The Labute approximate surface area is 115 Å². The minimum Gasteiger partial charge on any atom is -0.480 e. The Morgan fingerprint density at radius 2 is 1.90 bits per heavy atom. The zero-order valence-electron chi connectivity index (χ0n) is 10.7. The summed E-state index contributed by atoms with van der Waals surface area (Å²) in [5, 5.41) is 19.0. The van der Waals surface area contributed by atoms with Crippen molar-refractivity contribution in [2.45, 2.75) is 6.42 Å². The lowest BCUT2D eigenvalue weighted by Gasteiger charge is -2.14. The van der Waals surface area contributed by atoms with Crippen LogP contribution in [0.15, 0.2) is 24.3 Å². The lowest BCUT2D eigenvalue weighted by atomic mass is 10.1. The minimum atomic E-state index is -3.66. The molecular formula is C11H14N2O6S. The lowest BCUT2D eigenvalue weighted by Crippen LogP contribution is -2.34. The van der Waals surface area contributed by atoms with Gasteiger partial charge in [-0.1, -0.05) is 12.1 Å². The number of non-ortho nitro benzene ring substituents is 1. The summed E-state index contributed by atoms with van der Waals surface area (Å²) in [5.74, 6) is -1.49. The van der Waals surface area contributed by atoms with Gasteiger partial charge in [-0.2, -0.15) is 4.31 Å². The summed E-state index contributed by atoms with van der Waals surface area (Å²) in [4.78, 5) is 20.4. The minimum absolute atomic E-state index is 0.0698. The third-order valence-corrected chi connectivity index (χ3v) is 4.43. The molecule has 0 saturated heterocycles. The zero-order valence-corrected chi connectivity index (χ0v) is 11.5. The fourth-order valence-electron chi connectivity index (χ4n) is 1.48. The van der Waals surface area contributed by atoms with E-state index in [9.17, 15) is 23.3 Å². The van der Waals surface area contributed by atoms with Crippen molar-refractivity contribution in [1.82, 2.24) is 4.31 Å². The maximum atomic E-state index is 11.8. The number of rotatable bonds is 7. The van der Waals surface area contributed by atoms with Gasteiger partial charge in [0.05, 0.1) is 10.7 Å². The molecule has 9 heteroatoms. The highest BCUT2D eigenvalue weighted by Crippen LogP contribution is 2.13. The maximum Gasteiger partial charge on any atom is 0.318 e. The van der Waals surface area contributed by atoms with Crippen molar-refractivity contribution in [3.8, 4) is 0 Å². The number of nitro benzene ring substituents is 1. The Hall–Kier alpha value is -2.00. The van der Waals surface area contributed by atoms with E-state index in [0.29, 0.717) is 5.56 Å². The van der Waals surface area contributed by atoms with E-state index in [1.54, 1.807) is 0 Å². The van der Waals surface area contributed by atoms with Gasteiger partial charge >= 0.3 is 5.97 Å². The number of carboxylic acids is 1. The summed E-state index contributed by atoms with van der Waals surface area (Å²) in [6, 6.07) is 5.54. The summed E-state index contributed by atoms with van der Waals surface area (Å²) in [7, 11) is -2.47. The molecular weight excluding hydrogens is 288 g/mol. The summed E-state index contributed by atoms with van der Waals surface area (Å²) in [6.45, 7) is -0.595. The van der Waals surface area contributed by atoms with E-state index in [2.05, 4.69) is 0 Å². The van der Waals surface area contributed by atoms with Gasteiger partial charge in [-0.05, 0) is 12.0 Å². The molecule has 110 valence electrons. The summed E-state index contributed by atoms with van der Waals surface area (Å²) < 4.78 is 24.3. The van der Waals surface area contributed by atoms with Crippen molar-refractivity contribution >= 4 is 21.7 Å². The molecule has 0 heterocycles. The van der Waals surface area contributed by atoms with Crippen LogP contribution < -0.4 is 0 Å². The van der Waals surface area contributed by atoms with Gasteiger partial charge in [0, 0.05) is 19.2 Å². The van der Waals surface area contributed by atoms with Gasteiger partial charge < -0.3 is 5.11 Å². The molecule has 0 fully saturated rings. The molecule has 8 nitrogen and oxygen atoms in total. The van der Waals surface area contributed by atoms with Gasteiger partial charge in [0.15, 0.2) is 0 Å². The van der Waals surface area contributed by atoms with Crippen molar-refractivity contribution in [3.63, 3.8) is 0 Å². The Bertz CT molecular complexity index is 596. The second-order valence-electron chi connectivity index (χ2n) is 4.14. The van der Waals surface area contributed by atoms with Crippen LogP contribution in [0.5, 0.6) is 0 Å². The third kappa shape index (κ3) is 4.59. The van der Waals surface area contributed by atoms with E-state index in [4.69, 9.17) is 5.11 Å². The monoisotopic (exact) mass is 302 g/mol. The van der Waals surface area contributed by atoms with Crippen molar-refractivity contribution < 1.29 is 23.2 Å². The highest BCUT2D eigenvalue weighted by molar-refractivity contribution is 7.89. The van der Waals surface area contributed by atoms with E-state index >= 15 is 0 Å². The van der Waals surface area contributed by atoms with Crippen LogP contribution in [-0.2, 0) is 21.2 Å². The average Bonchev–Trinajstić information content (AvgIpc) is 2.36. The van der Waals surface area contributed by atoms with Crippen molar-refractivity contribution in [2.75, 3.05) is 19.3 Å². The van der Waals surface area contributed by atoms with E-state index < -0.39 is 27.5 Å². The Morgan fingerprint density at radius 3 is 2.35 bits per heavy atom. The predicted octanol–water partition coefficient (Wildman–Crippen LogP) is 0.484. The zero-order chi connectivity index (χ0) is 15.3. The number of carboxylic acid groups (broad SMARTS) is 1. The van der Waals surface area contributed by atoms with E-state index in [-0.39, 0.29) is 17.9 Å². The van der Waals surface area contributed by atoms with Crippen LogP contribution in [-0.4, -0.2) is 48.1 Å². The van der Waals surface area contributed by atoms with E-state index in [0.717, 1.165) is 4.31 Å². The average molecular weight is 302 g/mol. The molecule has 0 aliphatic rings. The number of hydrogen-bond acceptors (Lipinski definition) is 5. The highest BCUT2D eigenvalue weighted by Gasteiger charge is 2.20. The number of nitro groups is 1. The van der Waals surface area contributed by atoms with Crippen molar-refractivity contribution in [2.24, 2.45) is 0 Å². The molecule has 0 unspecified atom stereocenters. The smallest absolute Gasteiger partial charge is 0.318 e. The molecule has 0 aliphatic heterocycles. The second-order valence-corrected chi connectivity index (χ2v) is 6.33. The van der Waals surface area contributed by atoms with Crippen LogP contribution in [0.1, 0.15) is 5.56 Å². The SMILES string of the molecule is CN(CC(=O)O)S(=O)(=O)CCc1ccc([N+](=O)[O-])cc1. The van der Waals surface area contributed by atoms with Crippen molar-refractivity contribution in [1.29, 1.82) is 0 Å². The number of aryl methyl sites for hydroxylation is 1. The first kappa shape index (κ1) is 16.1. The normalized spacial score (nSPS) is 11.5. The molecule has 0 atom stereocenters. The van der Waals surface area contributed by atoms with Crippen LogP contribution in [0.25, 0.3) is 0 Å². The Kier molecular flexibility index (Phi) is 5.17. The first-order valence-corrected chi connectivity index (χ1v) is 7.22. The fourth-order valence-corrected chi connectivity index (χ4v) is 2.59. The Morgan fingerprint density at radius 1 is 1.35 bits per heavy atom. The van der Waals surface area contributed by atoms with Crippen LogP contribution in [0, 0.1) is 10.1 Å². The fraction of sp³-hybridized carbons (Fsp3) is 0.364. The largest absolute Gasteiger partial charge is 0.480 e. The van der Waals surface area contributed by atoms with E-state index in [1.165, 1.54) is 31.3 Å². The number of likely N-dealkylation sites (N-methyl/N-ethyl adjacent to an activating group) is 1. The number of hydrogen-bond donors (Lipinski definition) is 1. The molecule has 0 radical (unpaired) electrons. The third-order valence-electron chi connectivity index (χ3n) is 2.63.